The zero-order valence-electron chi connectivity index (χ0n) is 13.3. The fourth-order valence-corrected chi connectivity index (χ4v) is 3.14. The molecule has 0 bridgehead atoms. The Labute approximate surface area is 156 Å². The van der Waals surface area contributed by atoms with Crippen LogP contribution in [0.3, 0.4) is 0 Å². The summed E-state index contributed by atoms with van der Waals surface area (Å²) < 4.78 is 37.2. The fourth-order valence-electron chi connectivity index (χ4n) is 1.82. The van der Waals surface area contributed by atoms with Gasteiger partial charge < -0.3 is 9.47 Å². The van der Waals surface area contributed by atoms with Gasteiger partial charge in [-0.05, 0) is 30.3 Å². The first-order chi connectivity index (χ1) is 11.9. The van der Waals surface area contributed by atoms with Gasteiger partial charge in [-0.3, -0.25) is 0 Å². The molecule has 0 aliphatic carbocycles. The summed E-state index contributed by atoms with van der Waals surface area (Å²) in [6, 6.07) is 11.2. The van der Waals surface area contributed by atoms with E-state index in [1.165, 1.54) is 18.2 Å². The van der Waals surface area contributed by atoms with E-state index in [4.69, 9.17) is 32.7 Å². The Morgan fingerprint density at radius 2 is 1.76 bits per heavy atom. The van der Waals surface area contributed by atoms with E-state index in [9.17, 15) is 8.42 Å². The van der Waals surface area contributed by atoms with Crippen LogP contribution in [0, 0.1) is 11.8 Å². The van der Waals surface area contributed by atoms with Crippen molar-refractivity contribution >= 4 is 33.2 Å². The van der Waals surface area contributed by atoms with Crippen LogP contribution >= 0.6 is 23.2 Å². The van der Waals surface area contributed by atoms with Crippen LogP contribution in [0.25, 0.3) is 0 Å². The third kappa shape index (κ3) is 5.55. The lowest BCUT2D eigenvalue weighted by atomic mass is 10.3. The second-order valence-electron chi connectivity index (χ2n) is 4.69. The third-order valence-corrected chi connectivity index (χ3v) is 5.18. The molecule has 132 valence electrons. The molecule has 2 aromatic carbocycles. The quantitative estimate of drug-likeness (QED) is 0.756. The molecule has 8 heteroatoms. The number of sulfonamides is 1. The van der Waals surface area contributed by atoms with Crippen LogP contribution < -0.4 is 14.2 Å². The van der Waals surface area contributed by atoms with Crippen LogP contribution in [-0.2, 0) is 10.0 Å². The van der Waals surface area contributed by atoms with Crippen molar-refractivity contribution < 1.29 is 17.9 Å². The van der Waals surface area contributed by atoms with Gasteiger partial charge in [-0.2, -0.15) is 4.72 Å². The van der Waals surface area contributed by atoms with Crippen LogP contribution in [0.1, 0.15) is 0 Å². The number of methoxy groups -OCH3 is 1. The molecule has 0 aliphatic rings. The van der Waals surface area contributed by atoms with Crippen molar-refractivity contribution in [2.45, 2.75) is 4.90 Å². The lowest BCUT2D eigenvalue weighted by molar-refractivity contribution is 0.331. The first-order valence-electron chi connectivity index (χ1n) is 7.10. The van der Waals surface area contributed by atoms with Crippen molar-refractivity contribution in [3.05, 3.63) is 52.5 Å². The number of ether oxygens (including phenoxy) is 2. The molecule has 0 fully saturated rings. The van der Waals surface area contributed by atoms with Gasteiger partial charge in [0.2, 0.25) is 10.0 Å². The maximum Gasteiger partial charge on any atom is 0.241 e. The Bertz CT molecular complexity index is 904. The van der Waals surface area contributed by atoms with Gasteiger partial charge in [-0.25, -0.2) is 8.42 Å². The lowest BCUT2D eigenvalue weighted by Gasteiger charge is -2.07. The van der Waals surface area contributed by atoms with Crippen LogP contribution in [0.2, 0.25) is 10.0 Å². The molecule has 25 heavy (non-hydrogen) atoms. The highest BCUT2D eigenvalue weighted by molar-refractivity contribution is 7.89. The minimum atomic E-state index is -3.71. The van der Waals surface area contributed by atoms with Gasteiger partial charge in [0.25, 0.3) is 0 Å². The SMILES string of the molecule is COc1ccccc1OCC#CCNS(=O)(=O)c1ccc(Cl)c(Cl)c1. The number of hydrogen-bond acceptors (Lipinski definition) is 4. The van der Waals surface area contributed by atoms with E-state index in [-0.39, 0.29) is 28.1 Å². The first-order valence-corrected chi connectivity index (χ1v) is 9.34. The van der Waals surface area contributed by atoms with Gasteiger partial charge in [0.05, 0.1) is 28.6 Å². The van der Waals surface area contributed by atoms with Gasteiger partial charge in [0, 0.05) is 0 Å². The van der Waals surface area contributed by atoms with Crippen LogP contribution in [-0.4, -0.2) is 28.7 Å². The Hall–Kier alpha value is -1.91. The highest BCUT2D eigenvalue weighted by Crippen LogP contribution is 2.25. The third-order valence-electron chi connectivity index (χ3n) is 3.05. The zero-order chi connectivity index (χ0) is 18.3. The van der Waals surface area contributed by atoms with Gasteiger partial charge in [0.15, 0.2) is 11.5 Å². The van der Waals surface area contributed by atoms with E-state index in [1.807, 2.05) is 12.1 Å². The summed E-state index contributed by atoms with van der Waals surface area (Å²) in [7, 11) is -2.16. The molecule has 2 aromatic rings. The van der Waals surface area contributed by atoms with E-state index >= 15 is 0 Å². The van der Waals surface area contributed by atoms with Crippen LogP contribution in [0.4, 0.5) is 0 Å². The summed E-state index contributed by atoms with van der Waals surface area (Å²) in [5.74, 6) is 6.57. The van der Waals surface area contributed by atoms with E-state index in [1.54, 1.807) is 19.2 Å². The molecule has 0 amide bonds. The second kappa shape index (κ2) is 8.97. The van der Waals surface area contributed by atoms with Crippen molar-refractivity contribution in [3.63, 3.8) is 0 Å². The normalized spacial score (nSPS) is 10.7. The van der Waals surface area contributed by atoms with Gasteiger partial charge in [-0.1, -0.05) is 47.2 Å². The molecular weight excluding hydrogens is 385 g/mol. The van der Waals surface area contributed by atoms with Gasteiger partial charge in [0.1, 0.15) is 6.61 Å². The number of rotatable bonds is 6. The predicted octanol–water partition coefficient (Wildman–Crippen LogP) is 3.36. The summed E-state index contributed by atoms with van der Waals surface area (Å²) in [5.41, 5.74) is 0. The molecule has 0 spiro atoms. The average molecular weight is 400 g/mol. The first kappa shape index (κ1) is 19.4. The second-order valence-corrected chi connectivity index (χ2v) is 7.27. The van der Waals surface area contributed by atoms with Gasteiger partial charge >= 0.3 is 0 Å². The Balaban J connectivity index is 1.88. The minimum Gasteiger partial charge on any atom is -0.493 e. The highest BCUT2D eigenvalue weighted by Gasteiger charge is 2.14. The van der Waals surface area contributed by atoms with Crippen molar-refractivity contribution in [3.8, 4) is 23.3 Å². The molecule has 2 rings (SSSR count). The topological polar surface area (TPSA) is 64.6 Å². The fraction of sp³-hybridized carbons (Fsp3) is 0.176. The summed E-state index contributed by atoms with van der Waals surface area (Å²) in [6.07, 6.45) is 0. The summed E-state index contributed by atoms with van der Waals surface area (Å²) >= 11 is 11.6. The molecule has 1 N–H and O–H groups in total. The molecule has 0 atom stereocenters. The average Bonchev–Trinajstić information content (AvgIpc) is 2.60. The number of hydrogen-bond donors (Lipinski definition) is 1. The molecule has 0 aromatic heterocycles. The van der Waals surface area contributed by atoms with Crippen molar-refractivity contribution in [1.82, 2.24) is 4.72 Å². The van der Waals surface area contributed by atoms with E-state index in [0.29, 0.717) is 11.5 Å². The number of para-hydroxylation sites is 2. The maximum absolute atomic E-state index is 12.1. The number of nitrogens with one attached hydrogen (secondary N) is 1. The van der Waals surface area contributed by atoms with Crippen LogP contribution in [0.5, 0.6) is 11.5 Å². The molecule has 0 unspecified atom stereocenters. The summed E-state index contributed by atoms with van der Waals surface area (Å²) in [6.45, 7) is 0.0484. The van der Waals surface area contributed by atoms with E-state index in [2.05, 4.69) is 16.6 Å². The molecule has 0 radical (unpaired) electrons. The largest absolute Gasteiger partial charge is 0.493 e. The summed E-state index contributed by atoms with van der Waals surface area (Å²) in [5, 5.41) is 0.453. The highest BCUT2D eigenvalue weighted by atomic mass is 35.5. The smallest absolute Gasteiger partial charge is 0.241 e. The Morgan fingerprint density at radius 3 is 2.44 bits per heavy atom. The number of benzene rings is 2. The molecule has 0 aliphatic heterocycles. The van der Waals surface area contributed by atoms with Crippen molar-refractivity contribution in [1.29, 1.82) is 0 Å². The monoisotopic (exact) mass is 399 g/mol. The Morgan fingerprint density at radius 1 is 1.04 bits per heavy atom. The minimum absolute atomic E-state index is 0.0222. The predicted molar refractivity (Wildman–Crippen MR) is 97.9 cm³/mol. The Kier molecular flexibility index (Phi) is 6.97. The summed E-state index contributed by atoms with van der Waals surface area (Å²) in [4.78, 5) is 0.0222. The van der Waals surface area contributed by atoms with Gasteiger partial charge in [-0.15, -0.1) is 0 Å². The van der Waals surface area contributed by atoms with E-state index < -0.39 is 10.0 Å². The van der Waals surface area contributed by atoms with Crippen molar-refractivity contribution in [2.24, 2.45) is 0 Å². The molecular formula is C17H15Cl2NO4S. The standard InChI is InChI=1S/C17H15Cl2NO4S/c1-23-16-6-2-3-7-17(16)24-11-5-4-10-20-25(21,22)13-8-9-14(18)15(19)12-13/h2-3,6-9,12,20H,10-11H2,1H3. The molecule has 5 nitrogen and oxygen atoms in total. The zero-order valence-corrected chi connectivity index (χ0v) is 15.6. The van der Waals surface area contributed by atoms with E-state index in [0.717, 1.165) is 0 Å². The maximum atomic E-state index is 12.1. The number of halogens is 2. The lowest BCUT2D eigenvalue weighted by Crippen LogP contribution is -2.24. The van der Waals surface area contributed by atoms with Crippen molar-refractivity contribution in [2.75, 3.05) is 20.3 Å². The molecule has 0 heterocycles. The van der Waals surface area contributed by atoms with Crippen LogP contribution in [0.15, 0.2) is 47.4 Å². The molecule has 0 saturated heterocycles. The molecule has 0 saturated carbocycles.